The molecule has 0 saturated carbocycles. The summed E-state index contributed by atoms with van der Waals surface area (Å²) in [7, 11) is 0. The molecule has 1 N–H and O–H groups in total. The van der Waals surface area contributed by atoms with Gasteiger partial charge in [0.15, 0.2) is 11.6 Å². The second-order valence-electron chi connectivity index (χ2n) is 5.71. The molecule has 0 fully saturated rings. The first-order valence-electron chi connectivity index (χ1n) is 8.01. The zero-order valence-electron chi connectivity index (χ0n) is 14.3. The summed E-state index contributed by atoms with van der Waals surface area (Å²) in [4.78, 5) is 14.6. The molecule has 0 radical (unpaired) electrons. The maximum absolute atomic E-state index is 14.4. The lowest BCUT2D eigenvalue weighted by Gasteiger charge is -2.12. The highest BCUT2D eigenvalue weighted by molar-refractivity contribution is 5.70. The fraction of sp³-hybridized carbons (Fsp3) is 0.100. The number of benzene rings is 2. The number of para-hydroxylation sites is 1. The largest absolute Gasteiger partial charge is 0.481 e. The third-order valence-corrected chi connectivity index (χ3v) is 3.66. The molecule has 3 rings (SSSR count). The van der Waals surface area contributed by atoms with E-state index >= 15 is 0 Å². The van der Waals surface area contributed by atoms with Gasteiger partial charge in [-0.3, -0.25) is 4.79 Å². The summed E-state index contributed by atoms with van der Waals surface area (Å²) in [5.74, 6) is -3.27. The van der Waals surface area contributed by atoms with Gasteiger partial charge in [0.2, 0.25) is 0 Å². The Morgan fingerprint density at radius 1 is 0.963 bits per heavy atom. The van der Waals surface area contributed by atoms with Crippen molar-refractivity contribution >= 4 is 5.97 Å². The minimum atomic E-state index is -1.01. The molecule has 7 heteroatoms. The Bertz CT molecular complexity index is 977. The maximum atomic E-state index is 14.4. The van der Waals surface area contributed by atoms with Crippen LogP contribution in [0.4, 0.5) is 8.78 Å². The number of carboxylic acids is 1. The van der Waals surface area contributed by atoms with Crippen LogP contribution in [0.5, 0.6) is 23.3 Å². The average Bonchev–Trinajstić information content (AvgIpc) is 2.64. The van der Waals surface area contributed by atoms with Crippen molar-refractivity contribution in [2.45, 2.75) is 13.3 Å². The van der Waals surface area contributed by atoms with E-state index in [-0.39, 0.29) is 17.7 Å². The van der Waals surface area contributed by atoms with Crippen molar-refractivity contribution in [2.24, 2.45) is 0 Å². The van der Waals surface area contributed by atoms with Gasteiger partial charge in [-0.1, -0.05) is 30.3 Å². The molecule has 1 heterocycles. The van der Waals surface area contributed by atoms with Gasteiger partial charge in [0.25, 0.3) is 11.8 Å². The average molecular weight is 371 g/mol. The number of halogens is 2. The van der Waals surface area contributed by atoms with Gasteiger partial charge in [0.05, 0.1) is 6.42 Å². The van der Waals surface area contributed by atoms with Gasteiger partial charge >= 0.3 is 5.97 Å². The third kappa shape index (κ3) is 4.38. The van der Waals surface area contributed by atoms with Crippen LogP contribution in [0.15, 0.2) is 54.6 Å². The van der Waals surface area contributed by atoms with E-state index in [1.807, 2.05) is 0 Å². The van der Waals surface area contributed by atoms with Gasteiger partial charge in [0, 0.05) is 5.56 Å². The van der Waals surface area contributed by atoms with Crippen LogP contribution >= 0.6 is 0 Å². The lowest BCUT2D eigenvalue weighted by molar-refractivity contribution is -0.136. The molecule has 0 spiro atoms. The van der Waals surface area contributed by atoms with Crippen LogP contribution in [0.1, 0.15) is 11.1 Å². The quantitative estimate of drug-likeness (QED) is 0.669. The highest BCUT2D eigenvalue weighted by atomic mass is 19.1. The Balaban J connectivity index is 1.92. The topological polar surface area (TPSA) is 68.7 Å². The number of ether oxygens (including phenoxy) is 2. The van der Waals surface area contributed by atoms with Gasteiger partial charge in [-0.2, -0.15) is 4.98 Å². The Morgan fingerprint density at radius 3 is 2.19 bits per heavy atom. The summed E-state index contributed by atoms with van der Waals surface area (Å²) in [6, 6.07) is 14.5. The van der Waals surface area contributed by atoms with Gasteiger partial charge < -0.3 is 14.6 Å². The zero-order valence-corrected chi connectivity index (χ0v) is 14.3. The number of pyridine rings is 1. The van der Waals surface area contributed by atoms with E-state index in [0.717, 1.165) is 0 Å². The number of rotatable bonds is 6. The van der Waals surface area contributed by atoms with Crippen LogP contribution in [0.3, 0.4) is 0 Å². The van der Waals surface area contributed by atoms with E-state index in [9.17, 15) is 13.6 Å². The van der Waals surface area contributed by atoms with Crippen molar-refractivity contribution < 1.29 is 28.2 Å². The molecule has 1 aromatic heterocycles. The first-order valence-corrected chi connectivity index (χ1v) is 8.01. The molecule has 5 nitrogen and oxygen atoms in total. The first kappa shape index (κ1) is 18.3. The van der Waals surface area contributed by atoms with Crippen LogP contribution in [-0.2, 0) is 11.2 Å². The lowest BCUT2D eigenvalue weighted by atomic mass is 10.1. The van der Waals surface area contributed by atoms with Crippen LogP contribution < -0.4 is 9.47 Å². The summed E-state index contributed by atoms with van der Waals surface area (Å²) >= 11 is 0. The number of carbonyl (C=O) groups is 1. The normalized spacial score (nSPS) is 10.5. The smallest absolute Gasteiger partial charge is 0.307 e. The molecule has 3 aromatic rings. The summed E-state index contributed by atoms with van der Waals surface area (Å²) in [5, 5.41) is 8.86. The SMILES string of the molecule is Cc1c(F)c(Oc2ccccc2)nc(Oc2cccc(CC(=O)O)c2)c1F. The number of nitrogens with zero attached hydrogens (tertiary/aromatic N) is 1. The molecular formula is C20H15F2NO4. The second kappa shape index (κ2) is 7.82. The Kier molecular flexibility index (Phi) is 5.30. The number of hydrogen-bond acceptors (Lipinski definition) is 4. The lowest BCUT2D eigenvalue weighted by Crippen LogP contribution is -2.03. The zero-order chi connectivity index (χ0) is 19.4. The van der Waals surface area contributed by atoms with E-state index in [4.69, 9.17) is 14.6 Å². The monoisotopic (exact) mass is 371 g/mol. The second-order valence-corrected chi connectivity index (χ2v) is 5.71. The molecule has 0 aliphatic rings. The molecule has 2 aromatic carbocycles. The van der Waals surface area contributed by atoms with Crippen molar-refractivity contribution in [3.63, 3.8) is 0 Å². The molecule has 138 valence electrons. The van der Waals surface area contributed by atoms with E-state index in [2.05, 4.69) is 4.98 Å². The van der Waals surface area contributed by atoms with Crippen LogP contribution in [0.2, 0.25) is 0 Å². The van der Waals surface area contributed by atoms with Crippen molar-refractivity contribution in [3.05, 3.63) is 77.4 Å². The highest BCUT2D eigenvalue weighted by Gasteiger charge is 2.21. The molecule has 27 heavy (non-hydrogen) atoms. The molecule has 0 atom stereocenters. The molecule has 0 bridgehead atoms. The Hall–Kier alpha value is -3.48. The number of aliphatic carboxylic acids is 1. The number of aromatic nitrogens is 1. The highest BCUT2D eigenvalue weighted by Crippen LogP contribution is 2.32. The molecule has 0 unspecified atom stereocenters. The third-order valence-electron chi connectivity index (χ3n) is 3.66. The molecule has 0 aliphatic carbocycles. The summed E-state index contributed by atoms with van der Waals surface area (Å²) in [5.41, 5.74) is 0.174. The van der Waals surface area contributed by atoms with E-state index < -0.39 is 29.4 Å². The van der Waals surface area contributed by atoms with Gasteiger partial charge in [0.1, 0.15) is 11.5 Å². The Labute approximate surface area is 153 Å². The van der Waals surface area contributed by atoms with Crippen LogP contribution in [-0.4, -0.2) is 16.1 Å². The van der Waals surface area contributed by atoms with Crippen molar-refractivity contribution in [1.82, 2.24) is 4.98 Å². The predicted molar refractivity (Wildman–Crippen MR) is 93.3 cm³/mol. The minimum absolute atomic E-state index is 0.178. The fourth-order valence-electron chi connectivity index (χ4n) is 2.35. The van der Waals surface area contributed by atoms with E-state index in [1.54, 1.807) is 42.5 Å². The predicted octanol–water partition coefficient (Wildman–Crippen LogP) is 4.88. The molecule has 0 aliphatic heterocycles. The Morgan fingerprint density at radius 2 is 1.56 bits per heavy atom. The summed E-state index contributed by atoms with van der Waals surface area (Å²) in [6.45, 7) is 1.25. The number of hydrogen-bond donors (Lipinski definition) is 1. The fourth-order valence-corrected chi connectivity index (χ4v) is 2.35. The van der Waals surface area contributed by atoms with Crippen molar-refractivity contribution in [2.75, 3.05) is 0 Å². The van der Waals surface area contributed by atoms with Crippen molar-refractivity contribution in [3.8, 4) is 23.3 Å². The molecule has 0 amide bonds. The minimum Gasteiger partial charge on any atom is -0.481 e. The standard InChI is InChI=1S/C20H15F2NO4/c1-12-17(21)19(26-14-7-3-2-4-8-14)23-20(18(12)22)27-15-9-5-6-13(10-15)11-16(24)25/h2-10H,11H2,1H3,(H,24,25). The summed E-state index contributed by atoms with van der Waals surface area (Å²) < 4.78 is 39.5. The van der Waals surface area contributed by atoms with Gasteiger partial charge in [-0.15, -0.1) is 0 Å². The van der Waals surface area contributed by atoms with Crippen LogP contribution in [0, 0.1) is 18.6 Å². The first-order chi connectivity index (χ1) is 12.9. The number of carboxylic acid groups (broad SMARTS) is 1. The molecular weight excluding hydrogens is 356 g/mol. The van der Waals surface area contributed by atoms with Gasteiger partial charge in [-0.25, -0.2) is 8.78 Å². The van der Waals surface area contributed by atoms with Gasteiger partial charge in [-0.05, 0) is 36.8 Å². The maximum Gasteiger partial charge on any atom is 0.307 e. The molecule has 0 saturated heterocycles. The van der Waals surface area contributed by atoms with Crippen molar-refractivity contribution in [1.29, 1.82) is 0 Å². The van der Waals surface area contributed by atoms with E-state index in [1.165, 1.54) is 19.1 Å². The summed E-state index contributed by atoms with van der Waals surface area (Å²) in [6.07, 6.45) is -0.210. The van der Waals surface area contributed by atoms with E-state index in [0.29, 0.717) is 11.3 Å². The van der Waals surface area contributed by atoms with Crippen LogP contribution in [0.25, 0.3) is 0 Å².